The topological polar surface area (TPSA) is 52.1 Å². The lowest BCUT2D eigenvalue weighted by Gasteiger charge is -2.36. The van der Waals surface area contributed by atoms with Crippen molar-refractivity contribution in [1.82, 2.24) is 15.5 Å². The van der Waals surface area contributed by atoms with Crippen LogP contribution in [-0.2, 0) is 17.8 Å². The van der Waals surface area contributed by atoms with E-state index in [1.54, 1.807) is 14.2 Å². The summed E-state index contributed by atoms with van der Waals surface area (Å²) in [5.41, 5.74) is 4.01. The average Bonchev–Trinajstić information content (AvgIpc) is 2.78. The highest BCUT2D eigenvalue weighted by atomic mass is 127. The lowest BCUT2D eigenvalue weighted by Crippen LogP contribution is -2.46. The molecule has 0 bridgehead atoms. The summed E-state index contributed by atoms with van der Waals surface area (Å²) < 4.78 is 5.08. The second-order valence-corrected chi connectivity index (χ2v) is 7.21. The minimum atomic E-state index is 0. The Labute approximate surface area is 197 Å². The van der Waals surface area contributed by atoms with Crippen LogP contribution in [0.25, 0.3) is 0 Å². The maximum atomic E-state index is 5.08. The molecule has 0 aromatic heterocycles. The van der Waals surface area contributed by atoms with Crippen molar-refractivity contribution in [3.63, 3.8) is 0 Å². The first-order valence-electron chi connectivity index (χ1n) is 10.3. The van der Waals surface area contributed by atoms with Gasteiger partial charge in [-0.1, -0.05) is 42.5 Å². The Balaban J connectivity index is 0.00000320. The van der Waals surface area contributed by atoms with Gasteiger partial charge >= 0.3 is 0 Å². The third-order valence-corrected chi connectivity index (χ3v) is 5.27. The van der Waals surface area contributed by atoms with E-state index < -0.39 is 0 Å². The van der Waals surface area contributed by atoms with Crippen LogP contribution in [0.2, 0.25) is 0 Å². The highest BCUT2D eigenvalue weighted by Crippen LogP contribution is 2.18. The van der Waals surface area contributed by atoms with Gasteiger partial charge in [0.05, 0.1) is 6.61 Å². The zero-order chi connectivity index (χ0) is 20.3. The second kappa shape index (κ2) is 13.5. The molecule has 0 spiro atoms. The van der Waals surface area contributed by atoms with Crippen LogP contribution in [0.4, 0.5) is 5.69 Å². The van der Waals surface area contributed by atoms with Crippen molar-refractivity contribution in [3.05, 3.63) is 65.7 Å². The number of aliphatic imine (C=N–C) groups is 1. The van der Waals surface area contributed by atoms with Crippen molar-refractivity contribution in [2.75, 3.05) is 58.4 Å². The van der Waals surface area contributed by atoms with E-state index in [4.69, 9.17) is 4.74 Å². The first kappa shape index (κ1) is 24.4. The molecule has 7 heteroatoms. The number of rotatable bonds is 8. The molecule has 1 aliphatic heterocycles. The van der Waals surface area contributed by atoms with Crippen LogP contribution in [0.15, 0.2) is 59.6 Å². The van der Waals surface area contributed by atoms with Gasteiger partial charge in [-0.3, -0.25) is 9.89 Å². The number of hydrogen-bond acceptors (Lipinski definition) is 4. The molecule has 0 amide bonds. The van der Waals surface area contributed by atoms with Crippen LogP contribution < -0.4 is 15.5 Å². The van der Waals surface area contributed by atoms with Gasteiger partial charge in [-0.15, -0.1) is 24.0 Å². The molecule has 164 valence electrons. The van der Waals surface area contributed by atoms with Gasteiger partial charge in [0.1, 0.15) is 0 Å². The number of benzene rings is 2. The zero-order valence-corrected chi connectivity index (χ0v) is 20.3. The molecule has 6 nitrogen and oxygen atoms in total. The van der Waals surface area contributed by atoms with Gasteiger partial charge in [0.2, 0.25) is 0 Å². The van der Waals surface area contributed by atoms with Gasteiger partial charge < -0.3 is 20.3 Å². The van der Waals surface area contributed by atoms with Crippen molar-refractivity contribution in [1.29, 1.82) is 0 Å². The number of hydrogen-bond donors (Lipinski definition) is 2. The number of anilines is 1. The SMILES string of the molecule is CN=C(NCCOC)NCc1ccccc1CN1CCN(c2ccccc2)CC1.I. The minimum Gasteiger partial charge on any atom is -0.383 e. The van der Waals surface area contributed by atoms with E-state index in [2.05, 4.69) is 80.0 Å². The number of nitrogens with one attached hydrogen (secondary N) is 2. The Bertz CT molecular complexity index is 763. The third-order valence-electron chi connectivity index (χ3n) is 5.27. The lowest BCUT2D eigenvalue weighted by molar-refractivity contribution is 0.203. The normalized spacial score (nSPS) is 14.9. The number of para-hydroxylation sites is 1. The zero-order valence-electron chi connectivity index (χ0n) is 18.0. The van der Waals surface area contributed by atoms with Crippen LogP contribution in [-0.4, -0.2) is 64.3 Å². The van der Waals surface area contributed by atoms with Crippen molar-refractivity contribution in [2.24, 2.45) is 4.99 Å². The van der Waals surface area contributed by atoms with Crippen molar-refractivity contribution >= 4 is 35.6 Å². The molecule has 0 atom stereocenters. The van der Waals surface area contributed by atoms with Gasteiger partial charge in [0, 0.05) is 65.7 Å². The highest BCUT2D eigenvalue weighted by molar-refractivity contribution is 14.0. The molecule has 1 saturated heterocycles. The minimum absolute atomic E-state index is 0. The Hall–Kier alpha value is -1.84. The molecule has 1 heterocycles. The van der Waals surface area contributed by atoms with Crippen molar-refractivity contribution < 1.29 is 4.74 Å². The average molecular weight is 523 g/mol. The molecule has 1 fully saturated rings. The van der Waals surface area contributed by atoms with Gasteiger partial charge in [-0.25, -0.2) is 0 Å². The van der Waals surface area contributed by atoms with Crippen LogP contribution in [0.1, 0.15) is 11.1 Å². The van der Waals surface area contributed by atoms with E-state index in [9.17, 15) is 0 Å². The van der Waals surface area contributed by atoms with Gasteiger partial charge in [-0.05, 0) is 23.3 Å². The second-order valence-electron chi connectivity index (χ2n) is 7.21. The highest BCUT2D eigenvalue weighted by Gasteiger charge is 2.18. The molecule has 3 rings (SSSR count). The quantitative estimate of drug-likeness (QED) is 0.241. The molecule has 0 radical (unpaired) electrons. The predicted octanol–water partition coefficient (Wildman–Crippen LogP) is 2.94. The summed E-state index contributed by atoms with van der Waals surface area (Å²) >= 11 is 0. The van der Waals surface area contributed by atoms with Crippen molar-refractivity contribution in [3.8, 4) is 0 Å². The predicted molar refractivity (Wildman–Crippen MR) is 136 cm³/mol. The Morgan fingerprint density at radius 2 is 1.60 bits per heavy atom. The summed E-state index contributed by atoms with van der Waals surface area (Å²) in [6.07, 6.45) is 0. The smallest absolute Gasteiger partial charge is 0.191 e. The van der Waals surface area contributed by atoms with Crippen LogP contribution in [0.3, 0.4) is 0 Å². The fraction of sp³-hybridized carbons (Fsp3) is 0.435. The summed E-state index contributed by atoms with van der Waals surface area (Å²) in [4.78, 5) is 9.30. The fourth-order valence-corrected chi connectivity index (χ4v) is 3.60. The van der Waals surface area contributed by atoms with E-state index in [0.29, 0.717) is 6.61 Å². The number of methoxy groups -OCH3 is 1. The van der Waals surface area contributed by atoms with Crippen molar-refractivity contribution in [2.45, 2.75) is 13.1 Å². The molecular weight excluding hydrogens is 489 g/mol. The number of ether oxygens (including phenoxy) is 1. The van der Waals surface area contributed by atoms with Gasteiger partial charge in [-0.2, -0.15) is 0 Å². The Morgan fingerprint density at radius 3 is 2.27 bits per heavy atom. The Morgan fingerprint density at radius 1 is 0.933 bits per heavy atom. The molecule has 2 aromatic rings. The van der Waals surface area contributed by atoms with E-state index >= 15 is 0 Å². The summed E-state index contributed by atoms with van der Waals surface area (Å²) in [5.74, 6) is 0.799. The third kappa shape index (κ3) is 7.45. The maximum absolute atomic E-state index is 5.08. The number of piperazine rings is 1. The summed E-state index contributed by atoms with van der Waals surface area (Å²) in [6.45, 7) is 7.44. The van der Waals surface area contributed by atoms with Gasteiger partial charge in [0.25, 0.3) is 0 Å². The van der Waals surface area contributed by atoms with Crippen LogP contribution in [0.5, 0.6) is 0 Å². The van der Waals surface area contributed by atoms with Gasteiger partial charge in [0.15, 0.2) is 5.96 Å². The maximum Gasteiger partial charge on any atom is 0.191 e. The van der Waals surface area contributed by atoms with E-state index in [1.165, 1.54) is 16.8 Å². The monoisotopic (exact) mass is 523 g/mol. The number of guanidine groups is 1. The fourth-order valence-electron chi connectivity index (χ4n) is 3.60. The Kier molecular flexibility index (Phi) is 11.0. The first-order chi connectivity index (χ1) is 14.3. The molecule has 0 aliphatic carbocycles. The summed E-state index contributed by atoms with van der Waals surface area (Å²) in [7, 11) is 3.49. The number of nitrogens with zero attached hydrogens (tertiary/aromatic N) is 3. The summed E-state index contributed by atoms with van der Waals surface area (Å²) in [5, 5.41) is 6.67. The molecule has 2 aromatic carbocycles. The molecule has 1 aliphatic rings. The molecule has 30 heavy (non-hydrogen) atoms. The summed E-state index contributed by atoms with van der Waals surface area (Å²) in [6, 6.07) is 19.4. The number of halogens is 1. The molecule has 0 unspecified atom stereocenters. The lowest BCUT2D eigenvalue weighted by atomic mass is 10.1. The van der Waals surface area contributed by atoms with Crippen LogP contribution in [0, 0.1) is 0 Å². The largest absolute Gasteiger partial charge is 0.383 e. The van der Waals surface area contributed by atoms with Crippen LogP contribution >= 0.6 is 24.0 Å². The first-order valence-corrected chi connectivity index (χ1v) is 10.3. The van der Waals surface area contributed by atoms with E-state index in [-0.39, 0.29) is 24.0 Å². The van der Waals surface area contributed by atoms with E-state index in [1.807, 2.05) is 0 Å². The standard InChI is InChI=1S/C23H33N5O.HI/c1-24-23(25-12-17-29-2)26-18-20-8-6-7-9-21(20)19-27-13-15-28(16-14-27)22-10-4-3-5-11-22;/h3-11H,12-19H2,1-2H3,(H2,24,25,26);1H. The molecule has 2 N–H and O–H groups in total. The molecular formula is C23H34IN5O. The van der Waals surface area contributed by atoms with E-state index in [0.717, 1.165) is 51.8 Å². The molecule has 0 saturated carbocycles.